The molecular weight excluding hydrogens is 304 g/mol. The average molecular weight is 328 g/mol. The Morgan fingerprint density at radius 3 is 2.35 bits per heavy atom. The number of carbonyl (C=O) groups is 1. The summed E-state index contributed by atoms with van der Waals surface area (Å²) in [6.45, 7) is 3.41. The minimum absolute atomic E-state index is 0.0442. The predicted molar refractivity (Wildman–Crippen MR) is 99.9 cm³/mol. The summed E-state index contributed by atoms with van der Waals surface area (Å²) in [5.74, 6) is 0.965. The van der Waals surface area contributed by atoms with Crippen molar-refractivity contribution in [3.05, 3.63) is 66.2 Å². The zero-order valence-corrected chi connectivity index (χ0v) is 14.6. The third-order valence-corrected chi connectivity index (χ3v) is 4.87. The zero-order valence-electron chi connectivity index (χ0n) is 13.7. The molecule has 2 aromatic carbocycles. The first kappa shape index (κ1) is 17.4. The largest absolute Gasteiger partial charge is 0.373 e. The van der Waals surface area contributed by atoms with Gasteiger partial charge < -0.3 is 10.2 Å². The van der Waals surface area contributed by atoms with Gasteiger partial charge >= 0.3 is 0 Å². The minimum atomic E-state index is -0.0442. The molecule has 0 aliphatic carbocycles. The van der Waals surface area contributed by atoms with E-state index in [1.807, 2.05) is 50.4 Å². The van der Waals surface area contributed by atoms with E-state index in [-0.39, 0.29) is 11.2 Å². The van der Waals surface area contributed by atoms with Crippen molar-refractivity contribution in [3.8, 4) is 0 Å². The van der Waals surface area contributed by atoms with Crippen molar-refractivity contribution in [1.82, 2.24) is 5.32 Å². The fourth-order valence-corrected chi connectivity index (χ4v) is 3.04. The van der Waals surface area contributed by atoms with Crippen molar-refractivity contribution in [2.24, 2.45) is 0 Å². The number of amides is 1. The molecule has 0 bridgehead atoms. The molecule has 0 aliphatic rings. The molecule has 0 radical (unpaired) electrons. The lowest BCUT2D eigenvalue weighted by Crippen LogP contribution is -2.36. The van der Waals surface area contributed by atoms with Crippen LogP contribution in [-0.2, 0) is 10.5 Å². The summed E-state index contributed by atoms with van der Waals surface area (Å²) in [7, 11) is 2.04. The predicted octanol–water partition coefficient (Wildman–Crippen LogP) is 3.56. The van der Waals surface area contributed by atoms with Gasteiger partial charge in [0.2, 0.25) is 5.91 Å². The van der Waals surface area contributed by atoms with Gasteiger partial charge in [-0.05, 0) is 24.6 Å². The fourth-order valence-electron chi connectivity index (χ4n) is 2.17. The highest BCUT2D eigenvalue weighted by Crippen LogP contribution is 2.17. The molecule has 122 valence electrons. The normalized spacial score (nSPS) is 11.7. The summed E-state index contributed by atoms with van der Waals surface area (Å²) >= 11 is 1.67. The highest BCUT2D eigenvalue weighted by atomic mass is 32.2. The number of nitrogens with one attached hydrogen (secondary N) is 1. The molecule has 2 aromatic rings. The van der Waals surface area contributed by atoms with Gasteiger partial charge in [-0.25, -0.2) is 0 Å². The minimum Gasteiger partial charge on any atom is -0.373 e. The summed E-state index contributed by atoms with van der Waals surface area (Å²) in [6, 6.07) is 20.4. The Morgan fingerprint density at radius 2 is 1.70 bits per heavy atom. The van der Waals surface area contributed by atoms with Crippen LogP contribution in [0.1, 0.15) is 12.5 Å². The molecule has 1 atom stereocenters. The molecule has 0 aliphatic heterocycles. The van der Waals surface area contributed by atoms with Crippen LogP contribution in [0.25, 0.3) is 0 Å². The van der Waals surface area contributed by atoms with Gasteiger partial charge in [0.25, 0.3) is 0 Å². The molecule has 2 rings (SSSR count). The van der Waals surface area contributed by atoms with E-state index >= 15 is 0 Å². The molecule has 4 heteroatoms. The summed E-state index contributed by atoms with van der Waals surface area (Å²) in [5, 5.41) is 2.97. The molecule has 0 saturated heterocycles. The number of hydrogen-bond acceptors (Lipinski definition) is 3. The second kappa shape index (κ2) is 9.26. The van der Waals surface area contributed by atoms with E-state index in [1.54, 1.807) is 11.8 Å². The number of anilines is 1. The molecular formula is C19H24N2OS. The van der Waals surface area contributed by atoms with Crippen LogP contribution in [0.15, 0.2) is 60.7 Å². The van der Waals surface area contributed by atoms with Crippen LogP contribution in [0.5, 0.6) is 0 Å². The fraction of sp³-hybridized carbons (Fsp3) is 0.316. The molecule has 1 amide bonds. The smallest absolute Gasteiger partial charge is 0.232 e. The van der Waals surface area contributed by atoms with E-state index in [0.717, 1.165) is 18.0 Å². The number of thioether (sulfide) groups is 1. The van der Waals surface area contributed by atoms with Crippen molar-refractivity contribution in [2.45, 2.75) is 17.9 Å². The van der Waals surface area contributed by atoms with Gasteiger partial charge in [-0.3, -0.25) is 4.79 Å². The Labute approximate surface area is 143 Å². The number of hydrogen-bond donors (Lipinski definition) is 1. The van der Waals surface area contributed by atoms with Gasteiger partial charge in [-0.15, -0.1) is 11.8 Å². The molecule has 0 unspecified atom stereocenters. The second-order valence-corrected chi connectivity index (χ2v) is 6.82. The van der Waals surface area contributed by atoms with Gasteiger partial charge in [0.15, 0.2) is 0 Å². The van der Waals surface area contributed by atoms with Crippen LogP contribution in [0.3, 0.4) is 0 Å². The molecule has 3 nitrogen and oxygen atoms in total. The van der Waals surface area contributed by atoms with E-state index in [0.29, 0.717) is 6.54 Å². The Bertz CT molecular complexity index is 589. The topological polar surface area (TPSA) is 32.3 Å². The Kier molecular flexibility index (Phi) is 7.01. The number of para-hydroxylation sites is 1. The molecule has 0 spiro atoms. The number of carbonyl (C=O) groups excluding carboxylic acids is 1. The number of likely N-dealkylation sites (N-methyl/N-ethyl adjacent to an activating group) is 1. The van der Waals surface area contributed by atoms with E-state index < -0.39 is 0 Å². The quantitative estimate of drug-likeness (QED) is 0.804. The van der Waals surface area contributed by atoms with Crippen molar-refractivity contribution in [2.75, 3.05) is 25.0 Å². The first-order chi connectivity index (χ1) is 11.2. The van der Waals surface area contributed by atoms with Crippen LogP contribution in [0.4, 0.5) is 5.69 Å². The van der Waals surface area contributed by atoms with E-state index in [2.05, 4.69) is 34.5 Å². The van der Waals surface area contributed by atoms with Crippen molar-refractivity contribution in [3.63, 3.8) is 0 Å². The highest BCUT2D eigenvalue weighted by molar-refractivity contribution is 7.99. The van der Waals surface area contributed by atoms with Crippen LogP contribution >= 0.6 is 11.8 Å². The van der Waals surface area contributed by atoms with Crippen LogP contribution in [0.2, 0.25) is 0 Å². The zero-order chi connectivity index (χ0) is 16.5. The van der Waals surface area contributed by atoms with E-state index in [9.17, 15) is 4.79 Å². The Balaban J connectivity index is 1.68. The third kappa shape index (κ3) is 5.99. The van der Waals surface area contributed by atoms with Crippen LogP contribution in [0, 0.1) is 0 Å². The number of rotatable bonds is 8. The number of nitrogens with zero attached hydrogens (tertiary/aromatic N) is 1. The summed E-state index contributed by atoms with van der Waals surface area (Å²) in [5.41, 5.74) is 2.41. The standard InChI is InChI=1S/C19H24N2OS/c1-16(23-15-17-9-5-3-6-10-17)19(22)20-13-14-21(2)18-11-7-4-8-12-18/h3-12,16H,13-15H2,1-2H3,(H,20,22)/t16-/m1/s1. The van der Waals surface area contributed by atoms with Gasteiger partial charge in [0, 0.05) is 31.6 Å². The maximum atomic E-state index is 12.1. The van der Waals surface area contributed by atoms with Crippen molar-refractivity contribution < 1.29 is 4.79 Å². The molecule has 23 heavy (non-hydrogen) atoms. The summed E-state index contributed by atoms with van der Waals surface area (Å²) in [6.07, 6.45) is 0. The monoisotopic (exact) mass is 328 g/mol. The highest BCUT2D eigenvalue weighted by Gasteiger charge is 2.13. The molecule has 1 N–H and O–H groups in total. The summed E-state index contributed by atoms with van der Waals surface area (Å²) in [4.78, 5) is 14.3. The van der Waals surface area contributed by atoms with Crippen molar-refractivity contribution >= 4 is 23.4 Å². The first-order valence-electron chi connectivity index (χ1n) is 7.86. The molecule has 0 aromatic heterocycles. The van der Waals surface area contributed by atoms with Gasteiger partial charge in [0.1, 0.15) is 0 Å². The van der Waals surface area contributed by atoms with E-state index in [1.165, 1.54) is 5.56 Å². The summed E-state index contributed by atoms with van der Waals surface area (Å²) < 4.78 is 0. The molecule has 0 saturated carbocycles. The SMILES string of the molecule is C[C@@H](SCc1ccccc1)C(=O)NCCN(C)c1ccccc1. The second-order valence-electron chi connectivity index (χ2n) is 5.49. The van der Waals surface area contributed by atoms with Crippen LogP contribution in [-0.4, -0.2) is 31.3 Å². The molecule has 0 heterocycles. The first-order valence-corrected chi connectivity index (χ1v) is 8.91. The Morgan fingerprint density at radius 1 is 1.09 bits per heavy atom. The van der Waals surface area contributed by atoms with E-state index in [4.69, 9.17) is 0 Å². The lowest BCUT2D eigenvalue weighted by molar-refractivity contribution is -0.120. The lowest BCUT2D eigenvalue weighted by Gasteiger charge is -2.20. The number of benzene rings is 2. The van der Waals surface area contributed by atoms with Gasteiger partial charge in [-0.2, -0.15) is 0 Å². The lowest BCUT2D eigenvalue weighted by atomic mass is 10.2. The maximum absolute atomic E-state index is 12.1. The van der Waals surface area contributed by atoms with Gasteiger partial charge in [-0.1, -0.05) is 48.5 Å². The molecule has 0 fully saturated rings. The average Bonchev–Trinajstić information content (AvgIpc) is 2.61. The Hall–Kier alpha value is -1.94. The third-order valence-electron chi connectivity index (χ3n) is 3.66. The van der Waals surface area contributed by atoms with Gasteiger partial charge in [0.05, 0.1) is 5.25 Å². The van der Waals surface area contributed by atoms with Crippen molar-refractivity contribution in [1.29, 1.82) is 0 Å². The maximum Gasteiger partial charge on any atom is 0.232 e. The van der Waals surface area contributed by atoms with Crippen LogP contribution < -0.4 is 10.2 Å².